The Morgan fingerprint density at radius 1 is 0.867 bits per heavy atom. The van der Waals surface area contributed by atoms with Crippen molar-refractivity contribution in [2.75, 3.05) is 0 Å². The fourth-order valence-electron chi connectivity index (χ4n) is 4.05. The van der Waals surface area contributed by atoms with E-state index in [-0.39, 0.29) is 21.9 Å². The van der Waals surface area contributed by atoms with Gasteiger partial charge in [0.25, 0.3) is 0 Å². The third-order valence-electron chi connectivity index (χ3n) is 5.62. The molecule has 1 aliphatic carbocycles. The van der Waals surface area contributed by atoms with Crippen molar-refractivity contribution in [1.82, 2.24) is 4.98 Å². The van der Waals surface area contributed by atoms with Crippen LogP contribution in [0.2, 0.25) is 0 Å². The van der Waals surface area contributed by atoms with E-state index in [4.69, 9.17) is 0 Å². The molecule has 6 heteroatoms. The van der Waals surface area contributed by atoms with Crippen LogP contribution in [0.3, 0.4) is 0 Å². The lowest BCUT2D eigenvalue weighted by molar-refractivity contribution is 0.0977. The molecule has 0 unspecified atom stereocenters. The summed E-state index contributed by atoms with van der Waals surface area (Å²) in [4.78, 5) is 42.8. The highest BCUT2D eigenvalue weighted by atomic mass is 32.2. The van der Waals surface area contributed by atoms with Crippen molar-refractivity contribution in [3.63, 3.8) is 0 Å². The molecule has 3 aromatic rings. The topological polar surface area (TPSA) is 67.0 Å². The monoisotopic (exact) mass is 433 g/mol. The Bertz CT molecular complexity index is 1300. The minimum Gasteiger partial charge on any atom is -0.307 e. The van der Waals surface area contributed by atoms with Gasteiger partial charge in [-0.2, -0.15) is 0 Å². The first-order valence-electron chi connectivity index (χ1n) is 9.69. The highest BCUT2D eigenvalue weighted by Crippen LogP contribution is 2.51. The molecule has 2 heterocycles. The Morgan fingerprint density at radius 3 is 2.13 bits per heavy atom. The van der Waals surface area contributed by atoms with Crippen molar-refractivity contribution in [3.8, 4) is 0 Å². The van der Waals surface area contributed by atoms with Gasteiger partial charge in [0.1, 0.15) is 0 Å². The number of carbonyl (C=O) groups excluding carboxylic acids is 2. The summed E-state index contributed by atoms with van der Waals surface area (Å²) in [6.45, 7) is 6.45. The van der Waals surface area contributed by atoms with Crippen LogP contribution >= 0.6 is 23.1 Å². The molecule has 150 valence electrons. The molecule has 0 radical (unpaired) electrons. The first-order chi connectivity index (χ1) is 14.3. The van der Waals surface area contributed by atoms with E-state index in [0.717, 1.165) is 21.8 Å². The zero-order valence-electron chi connectivity index (χ0n) is 16.7. The van der Waals surface area contributed by atoms with E-state index in [1.165, 1.54) is 17.3 Å². The summed E-state index contributed by atoms with van der Waals surface area (Å²) in [5.41, 5.74) is 3.44. The molecule has 1 aliphatic heterocycles. The first-order valence-corrected chi connectivity index (χ1v) is 11.3. The fraction of sp³-hybridized carbons (Fsp3) is 0.208. The summed E-state index contributed by atoms with van der Waals surface area (Å²) in [6, 6.07) is 15.1. The van der Waals surface area contributed by atoms with Gasteiger partial charge in [0.05, 0.1) is 20.7 Å². The van der Waals surface area contributed by atoms with Crippen molar-refractivity contribution in [3.05, 3.63) is 95.8 Å². The van der Waals surface area contributed by atoms with Crippen LogP contribution in [-0.2, 0) is 5.41 Å². The Hall–Kier alpha value is -2.70. The second-order valence-electron chi connectivity index (χ2n) is 8.56. The van der Waals surface area contributed by atoms with E-state index >= 15 is 0 Å². The average molecular weight is 434 g/mol. The van der Waals surface area contributed by atoms with Gasteiger partial charge in [-0.1, -0.05) is 92.4 Å². The highest BCUT2D eigenvalue weighted by Gasteiger charge is 2.42. The molecule has 5 rings (SSSR count). The number of hydrogen-bond acceptors (Lipinski definition) is 5. The largest absolute Gasteiger partial charge is 0.307 e. The van der Waals surface area contributed by atoms with Crippen LogP contribution < -0.4 is 4.87 Å². The molecule has 0 bridgehead atoms. The molecule has 2 aromatic carbocycles. The van der Waals surface area contributed by atoms with E-state index in [2.05, 4.69) is 37.9 Å². The third kappa shape index (κ3) is 2.86. The lowest BCUT2D eigenvalue weighted by Gasteiger charge is -2.30. The summed E-state index contributed by atoms with van der Waals surface area (Å²) < 4.78 is 0. The second kappa shape index (κ2) is 6.65. The molecule has 1 atom stereocenters. The Labute approximate surface area is 182 Å². The number of aromatic amines is 1. The van der Waals surface area contributed by atoms with Crippen molar-refractivity contribution in [2.45, 2.75) is 37.1 Å². The van der Waals surface area contributed by atoms with Gasteiger partial charge in [0.15, 0.2) is 5.78 Å². The normalized spacial score (nSPS) is 18.2. The summed E-state index contributed by atoms with van der Waals surface area (Å²) in [5, 5.41) is 0.661. The highest BCUT2D eigenvalue weighted by molar-refractivity contribution is 8.04. The van der Waals surface area contributed by atoms with Crippen LogP contribution in [0.4, 0.5) is 0 Å². The molecule has 0 fully saturated rings. The zero-order chi connectivity index (χ0) is 21.2. The molecule has 2 aliphatic rings. The molecule has 1 aromatic heterocycles. The summed E-state index contributed by atoms with van der Waals surface area (Å²) >= 11 is 2.32. The van der Waals surface area contributed by atoms with Crippen molar-refractivity contribution in [2.24, 2.45) is 0 Å². The number of H-pyrrole nitrogens is 1. The van der Waals surface area contributed by atoms with Gasteiger partial charge < -0.3 is 4.98 Å². The summed E-state index contributed by atoms with van der Waals surface area (Å²) in [5.74, 6) is -0.720. The van der Waals surface area contributed by atoms with E-state index in [9.17, 15) is 14.4 Å². The quantitative estimate of drug-likeness (QED) is 0.565. The molecule has 0 saturated heterocycles. The van der Waals surface area contributed by atoms with Crippen molar-refractivity contribution >= 4 is 34.7 Å². The maximum Gasteiger partial charge on any atom is 0.305 e. The van der Waals surface area contributed by atoms with Gasteiger partial charge in [-0.25, -0.2) is 0 Å². The van der Waals surface area contributed by atoms with E-state index in [1.54, 1.807) is 24.3 Å². The molecule has 0 amide bonds. The minimum absolute atomic E-state index is 0.00496. The van der Waals surface area contributed by atoms with Gasteiger partial charge in [0.2, 0.25) is 5.78 Å². The number of hydrogen-bond donors (Lipinski definition) is 1. The minimum atomic E-state index is -0.431. The number of fused-ring (bicyclic) bond motifs is 2. The maximum atomic E-state index is 13.5. The average Bonchev–Trinajstić information content (AvgIpc) is 3.10. The van der Waals surface area contributed by atoms with Crippen LogP contribution in [0.25, 0.3) is 0 Å². The number of thioether (sulfide) groups is 1. The lowest BCUT2D eigenvalue weighted by Crippen LogP contribution is -2.27. The molecule has 1 N–H and O–H groups in total. The SMILES string of the molecule is CC(C)(C)c1ccc([C@H]2C3=C(Sc4[nH]c(=O)sc42)C(=O)c2ccccc2C3=O)cc1. The van der Waals surface area contributed by atoms with Crippen LogP contribution in [-0.4, -0.2) is 16.6 Å². The van der Waals surface area contributed by atoms with Gasteiger partial charge in [-0.05, 0) is 16.5 Å². The Kier molecular flexibility index (Phi) is 4.27. The predicted octanol–water partition coefficient (Wildman–Crippen LogP) is 5.30. The smallest absolute Gasteiger partial charge is 0.305 e. The fourth-order valence-corrected chi connectivity index (χ4v) is 6.33. The number of aromatic nitrogens is 1. The summed E-state index contributed by atoms with van der Waals surface area (Å²) in [6.07, 6.45) is 0. The van der Waals surface area contributed by atoms with E-state index in [0.29, 0.717) is 26.6 Å². The number of allylic oxidation sites excluding steroid dienone is 2. The van der Waals surface area contributed by atoms with Gasteiger partial charge in [-0.15, -0.1) is 0 Å². The van der Waals surface area contributed by atoms with E-state index < -0.39 is 5.92 Å². The number of benzene rings is 2. The maximum absolute atomic E-state index is 13.5. The molecule has 0 spiro atoms. The number of rotatable bonds is 1. The first kappa shape index (κ1) is 19.3. The Balaban J connectivity index is 1.73. The number of carbonyl (C=O) groups is 2. The van der Waals surface area contributed by atoms with Crippen LogP contribution in [0.5, 0.6) is 0 Å². The Morgan fingerprint density at radius 2 is 1.50 bits per heavy atom. The van der Waals surface area contributed by atoms with Crippen LogP contribution in [0.1, 0.15) is 63.4 Å². The summed E-state index contributed by atoms with van der Waals surface area (Å²) in [7, 11) is 0. The second-order valence-corrected chi connectivity index (χ2v) is 10.6. The van der Waals surface area contributed by atoms with Gasteiger partial charge in [-0.3, -0.25) is 14.4 Å². The number of ketones is 2. The van der Waals surface area contributed by atoms with Gasteiger partial charge in [0, 0.05) is 16.7 Å². The van der Waals surface area contributed by atoms with Crippen LogP contribution in [0, 0.1) is 0 Å². The standard InChI is InChI=1S/C24H19NO3S2/c1-24(2,3)13-10-8-12(9-11-13)16-17-18(26)14-6-4-5-7-15(14)19(27)20(17)29-22-21(16)30-23(28)25-22/h4-11,16H,1-3H3,(H,25,28)/t16-/m0/s1. The lowest BCUT2D eigenvalue weighted by atomic mass is 9.78. The third-order valence-corrected chi connectivity index (χ3v) is 7.83. The van der Waals surface area contributed by atoms with Gasteiger partial charge >= 0.3 is 4.87 Å². The molecule has 0 saturated carbocycles. The predicted molar refractivity (Wildman–Crippen MR) is 120 cm³/mol. The van der Waals surface area contributed by atoms with E-state index in [1.807, 2.05) is 12.1 Å². The van der Waals surface area contributed by atoms with Crippen molar-refractivity contribution in [1.29, 1.82) is 0 Å². The number of thiazole rings is 1. The molecule has 30 heavy (non-hydrogen) atoms. The number of Topliss-reactive ketones (excluding diaryl/α,β-unsaturated/α-hetero) is 2. The zero-order valence-corrected chi connectivity index (χ0v) is 18.4. The molecule has 4 nitrogen and oxygen atoms in total. The number of nitrogens with one attached hydrogen (secondary N) is 1. The molecular weight excluding hydrogens is 414 g/mol. The molecular formula is C24H19NO3S2. The van der Waals surface area contributed by atoms with Crippen molar-refractivity contribution < 1.29 is 9.59 Å². The van der Waals surface area contributed by atoms with Crippen LogP contribution in [0.15, 0.2) is 68.8 Å².